The highest BCUT2D eigenvalue weighted by molar-refractivity contribution is 5.84. The zero-order valence-electron chi connectivity index (χ0n) is 14.6. The minimum absolute atomic E-state index is 0.626. The van der Waals surface area contributed by atoms with E-state index in [1.807, 2.05) is 49.5 Å². The van der Waals surface area contributed by atoms with Crippen molar-refractivity contribution in [2.24, 2.45) is 0 Å². The fourth-order valence-corrected chi connectivity index (χ4v) is 2.83. The van der Waals surface area contributed by atoms with Crippen LogP contribution in [0.1, 0.15) is 16.7 Å². The first-order valence-electron chi connectivity index (χ1n) is 8.52. The third-order valence-electron chi connectivity index (χ3n) is 4.32. The molecule has 0 saturated heterocycles. The molecule has 0 N–H and O–H groups in total. The Morgan fingerprint density at radius 3 is 2.07 bits per heavy atom. The maximum absolute atomic E-state index is 13.4. The third kappa shape index (κ3) is 3.70. The molecule has 27 heavy (non-hydrogen) atoms. The van der Waals surface area contributed by atoms with E-state index in [1.54, 1.807) is 18.2 Å². The molecule has 1 nitrogen and oxygen atoms in total. The molecule has 0 aliphatic rings. The molecule has 0 fully saturated rings. The molecular formula is C24H15F2N. The van der Waals surface area contributed by atoms with Gasteiger partial charge in [-0.2, -0.15) is 0 Å². The van der Waals surface area contributed by atoms with Crippen LogP contribution in [0.4, 0.5) is 8.78 Å². The van der Waals surface area contributed by atoms with Crippen molar-refractivity contribution in [1.82, 2.24) is 4.98 Å². The van der Waals surface area contributed by atoms with Crippen molar-refractivity contribution in [3.8, 4) is 23.1 Å². The first-order valence-corrected chi connectivity index (χ1v) is 8.52. The predicted molar refractivity (Wildman–Crippen MR) is 104 cm³/mol. The second kappa shape index (κ2) is 7.01. The predicted octanol–water partition coefficient (Wildman–Crippen LogP) is 5.89. The number of hydrogen-bond donors (Lipinski definition) is 0. The van der Waals surface area contributed by atoms with Gasteiger partial charge in [-0.3, -0.25) is 4.98 Å². The van der Waals surface area contributed by atoms with Crippen molar-refractivity contribution in [2.75, 3.05) is 0 Å². The highest BCUT2D eigenvalue weighted by Gasteiger charge is 2.04. The van der Waals surface area contributed by atoms with E-state index in [0.29, 0.717) is 10.8 Å². The molecule has 0 radical (unpaired) electrons. The van der Waals surface area contributed by atoms with Crippen molar-refractivity contribution >= 4 is 10.8 Å². The van der Waals surface area contributed by atoms with Gasteiger partial charge in [0.1, 0.15) is 0 Å². The number of pyridine rings is 1. The van der Waals surface area contributed by atoms with Gasteiger partial charge in [-0.05, 0) is 65.7 Å². The van der Waals surface area contributed by atoms with Crippen molar-refractivity contribution in [1.29, 1.82) is 0 Å². The summed E-state index contributed by atoms with van der Waals surface area (Å²) in [4.78, 5) is 4.42. The largest absolute Gasteiger partial charge is 0.256 e. The molecule has 0 aliphatic carbocycles. The van der Waals surface area contributed by atoms with E-state index in [2.05, 4.69) is 16.8 Å². The summed E-state index contributed by atoms with van der Waals surface area (Å²) in [5.74, 6) is 4.48. The summed E-state index contributed by atoms with van der Waals surface area (Å²) >= 11 is 0. The fraction of sp³-hybridized carbons (Fsp3) is 0.0417. The first-order chi connectivity index (χ1) is 13.1. The standard InChI is InChI=1S/C24H15F2N/c1-16-2-11-24(27-15-16)19-8-5-17(6-9-19)3-4-18-7-10-20-13-22(25)23(26)14-21(20)12-18/h2,5-15H,1H3. The van der Waals surface area contributed by atoms with E-state index < -0.39 is 11.6 Å². The van der Waals surface area contributed by atoms with Crippen LogP contribution in [0.25, 0.3) is 22.0 Å². The Hall–Kier alpha value is -3.51. The van der Waals surface area contributed by atoms with Crippen LogP contribution in [0.15, 0.2) is 72.9 Å². The number of hydrogen-bond acceptors (Lipinski definition) is 1. The second-order valence-corrected chi connectivity index (χ2v) is 6.38. The topological polar surface area (TPSA) is 12.9 Å². The van der Waals surface area contributed by atoms with Crippen LogP contribution in [0.2, 0.25) is 0 Å². The Morgan fingerprint density at radius 2 is 1.37 bits per heavy atom. The summed E-state index contributed by atoms with van der Waals surface area (Å²) in [5, 5.41) is 1.27. The highest BCUT2D eigenvalue weighted by atomic mass is 19.2. The Morgan fingerprint density at radius 1 is 0.704 bits per heavy atom. The summed E-state index contributed by atoms with van der Waals surface area (Å²) in [5.41, 5.74) is 4.70. The van der Waals surface area contributed by atoms with Crippen LogP contribution < -0.4 is 0 Å². The number of aromatic nitrogens is 1. The Kier molecular flexibility index (Phi) is 4.40. The maximum atomic E-state index is 13.4. The van der Waals surface area contributed by atoms with Crippen molar-refractivity contribution in [3.63, 3.8) is 0 Å². The van der Waals surface area contributed by atoms with Gasteiger partial charge >= 0.3 is 0 Å². The average Bonchev–Trinajstić information content (AvgIpc) is 2.68. The van der Waals surface area contributed by atoms with Crippen LogP contribution >= 0.6 is 0 Å². The van der Waals surface area contributed by atoms with Gasteiger partial charge in [0, 0.05) is 22.9 Å². The molecule has 0 spiro atoms. The number of halogens is 2. The maximum Gasteiger partial charge on any atom is 0.159 e. The number of rotatable bonds is 1. The fourth-order valence-electron chi connectivity index (χ4n) is 2.83. The molecule has 4 rings (SSSR count). The summed E-state index contributed by atoms with van der Waals surface area (Å²) in [6, 6.07) is 19.6. The molecule has 1 aromatic heterocycles. The molecule has 0 unspecified atom stereocenters. The lowest BCUT2D eigenvalue weighted by Crippen LogP contribution is -1.85. The summed E-state index contributed by atoms with van der Waals surface area (Å²) in [6.45, 7) is 2.01. The molecule has 3 aromatic carbocycles. The molecule has 0 aliphatic heterocycles. The molecule has 0 amide bonds. The van der Waals surface area contributed by atoms with Crippen LogP contribution in [-0.2, 0) is 0 Å². The van der Waals surface area contributed by atoms with E-state index in [0.717, 1.165) is 27.9 Å². The Bertz CT molecular complexity index is 1180. The lowest BCUT2D eigenvalue weighted by atomic mass is 10.1. The van der Waals surface area contributed by atoms with Gasteiger partial charge in [-0.15, -0.1) is 0 Å². The van der Waals surface area contributed by atoms with Crippen LogP contribution in [0, 0.1) is 30.4 Å². The molecule has 4 aromatic rings. The lowest BCUT2D eigenvalue weighted by molar-refractivity contribution is 0.511. The summed E-state index contributed by atoms with van der Waals surface area (Å²) in [6.07, 6.45) is 1.84. The van der Waals surface area contributed by atoms with E-state index in [4.69, 9.17) is 0 Å². The van der Waals surface area contributed by atoms with Crippen molar-refractivity contribution < 1.29 is 8.78 Å². The van der Waals surface area contributed by atoms with Gasteiger partial charge in [0.15, 0.2) is 11.6 Å². The quantitative estimate of drug-likeness (QED) is 0.388. The van der Waals surface area contributed by atoms with Gasteiger partial charge in [-0.1, -0.05) is 36.1 Å². The van der Waals surface area contributed by atoms with E-state index in [9.17, 15) is 8.78 Å². The van der Waals surface area contributed by atoms with Crippen LogP contribution in [0.3, 0.4) is 0 Å². The lowest BCUT2D eigenvalue weighted by Gasteiger charge is -2.01. The molecule has 0 bridgehead atoms. The minimum atomic E-state index is -0.854. The smallest absolute Gasteiger partial charge is 0.159 e. The zero-order valence-corrected chi connectivity index (χ0v) is 14.6. The monoisotopic (exact) mass is 355 g/mol. The normalized spacial score (nSPS) is 10.5. The first kappa shape index (κ1) is 16.9. The zero-order chi connectivity index (χ0) is 18.8. The SMILES string of the molecule is Cc1ccc(-c2ccc(C#Cc3ccc4cc(F)c(F)cc4c3)cc2)nc1. The van der Waals surface area contributed by atoms with E-state index >= 15 is 0 Å². The highest BCUT2D eigenvalue weighted by Crippen LogP contribution is 2.20. The molecule has 1 heterocycles. The summed E-state index contributed by atoms with van der Waals surface area (Å²) < 4.78 is 26.7. The minimum Gasteiger partial charge on any atom is -0.256 e. The molecular weight excluding hydrogens is 340 g/mol. The third-order valence-corrected chi connectivity index (χ3v) is 4.32. The Labute approximate surface area is 156 Å². The average molecular weight is 355 g/mol. The second-order valence-electron chi connectivity index (χ2n) is 6.38. The van der Waals surface area contributed by atoms with Gasteiger partial charge in [0.05, 0.1) is 5.69 Å². The molecule has 0 atom stereocenters. The number of nitrogens with zero attached hydrogens (tertiary/aromatic N) is 1. The van der Waals surface area contributed by atoms with Gasteiger partial charge in [-0.25, -0.2) is 8.78 Å². The molecule has 3 heteroatoms. The molecule has 0 saturated carbocycles. The van der Waals surface area contributed by atoms with Crippen molar-refractivity contribution in [3.05, 3.63) is 101 Å². The van der Waals surface area contributed by atoms with Gasteiger partial charge in [0.25, 0.3) is 0 Å². The molecule has 130 valence electrons. The van der Waals surface area contributed by atoms with Gasteiger partial charge in [0.2, 0.25) is 0 Å². The van der Waals surface area contributed by atoms with Crippen LogP contribution in [-0.4, -0.2) is 4.98 Å². The number of fused-ring (bicyclic) bond motifs is 1. The van der Waals surface area contributed by atoms with E-state index in [-0.39, 0.29) is 0 Å². The van der Waals surface area contributed by atoms with Crippen LogP contribution in [0.5, 0.6) is 0 Å². The van der Waals surface area contributed by atoms with E-state index in [1.165, 1.54) is 12.1 Å². The number of aryl methyl sites for hydroxylation is 1. The summed E-state index contributed by atoms with van der Waals surface area (Å²) in [7, 11) is 0. The Balaban J connectivity index is 1.59. The number of benzene rings is 3. The van der Waals surface area contributed by atoms with Crippen molar-refractivity contribution in [2.45, 2.75) is 6.92 Å². The van der Waals surface area contributed by atoms with Gasteiger partial charge < -0.3 is 0 Å².